The van der Waals surface area contributed by atoms with Crippen LogP contribution < -0.4 is 10.6 Å². The Morgan fingerprint density at radius 2 is 2.14 bits per heavy atom. The van der Waals surface area contributed by atoms with Gasteiger partial charge in [0, 0.05) is 18.3 Å². The molecule has 124 valence electrons. The Bertz CT molecular complexity index is 507. The molecule has 1 aromatic heterocycles. The minimum atomic E-state index is -4.43. The topological polar surface area (TPSA) is 74.2 Å². The number of nitrogens with zero attached hydrogens (tertiary/aromatic N) is 1. The maximum atomic E-state index is 12.4. The van der Waals surface area contributed by atoms with Gasteiger partial charge in [-0.25, -0.2) is 9.78 Å². The molecule has 0 unspecified atom stereocenters. The van der Waals surface area contributed by atoms with E-state index < -0.39 is 24.0 Å². The largest absolute Gasteiger partial charge is 0.434 e. The summed E-state index contributed by atoms with van der Waals surface area (Å²) in [6, 6.07) is -0.677. The fourth-order valence-electron chi connectivity index (χ4n) is 2.34. The number of alkyl halides is 3. The van der Waals surface area contributed by atoms with Crippen LogP contribution in [0.5, 0.6) is 0 Å². The number of thiazole rings is 1. The van der Waals surface area contributed by atoms with E-state index in [-0.39, 0.29) is 19.0 Å². The van der Waals surface area contributed by atoms with Crippen molar-refractivity contribution in [1.29, 1.82) is 0 Å². The predicted molar refractivity (Wildman–Crippen MR) is 75.6 cm³/mol. The normalized spacial score (nSPS) is 22.4. The SMILES string of the molecule is O=C(NCCc1nc(C(F)(F)F)cs1)N[C@@H]1CCCC[C@@H]1O. The lowest BCUT2D eigenvalue weighted by Crippen LogP contribution is -2.49. The van der Waals surface area contributed by atoms with E-state index in [1.807, 2.05) is 0 Å². The second-order valence-corrected chi connectivity index (χ2v) is 6.18. The monoisotopic (exact) mass is 337 g/mol. The molecule has 0 spiro atoms. The molecule has 1 aromatic rings. The zero-order valence-corrected chi connectivity index (χ0v) is 12.6. The molecule has 0 saturated heterocycles. The van der Waals surface area contributed by atoms with Crippen LogP contribution in [0.1, 0.15) is 36.4 Å². The van der Waals surface area contributed by atoms with E-state index in [0.717, 1.165) is 36.0 Å². The van der Waals surface area contributed by atoms with E-state index in [9.17, 15) is 23.1 Å². The van der Waals surface area contributed by atoms with Gasteiger partial charge in [-0.2, -0.15) is 13.2 Å². The summed E-state index contributed by atoms with van der Waals surface area (Å²) in [6.45, 7) is 0.194. The molecule has 0 aromatic carbocycles. The van der Waals surface area contributed by atoms with Crippen LogP contribution in [-0.2, 0) is 12.6 Å². The highest BCUT2D eigenvalue weighted by molar-refractivity contribution is 7.09. The summed E-state index contributed by atoms with van der Waals surface area (Å²) in [7, 11) is 0. The first-order valence-corrected chi connectivity index (χ1v) is 7.98. The summed E-state index contributed by atoms with van der Waals surface area (Å²) >= 11 is 0.921. The third-order valence-electron chi connectivity index (χ3n) is 3.51. The molecule has 3 N–H and O–H groups in total. The van der Waals surface area contributed by atoms with Gasteiger partial charge in [-0.1, -0.05) is 12.8 Å². The summed E-state index contributed by atoms with van der Waals surface area (Å²) in [5.41, 5.74) is -0.901. The van der Waals surface area contributed by atoms with Gasteiger partial charge in [-0.3, -0.25) is 0 Å². The Hall–Kier alpha value is -1.35. The van der Waals surface area contributed by atoms with Gasteiger partial charge in [0.15, 0.2) is 5.69 Å². The summed E-state index contributed by atoms with van der Waals surface area (Å²) in [6.07, 6.45) is -1.42. The Kier molecular flexibility index (Phi) is 5.63. The number of amides is 2. The number of carbonyl (C=O) groups excluding carboxylic acids is 1. The third kappa shape index (κ3) is 4.84. The molecule has 9 heteroatoms. The van der Waals surface area contributed by atoms with Crippen molar-refractivity contribution in [2.24, 2.45) is 0 Å². The lowest BCUT2D eigenvalue weighted by Gasteiger charge is -2.28. The molecule has 1 aliphatic rings. The Labute approximate surface area is 129 Å². The fraction of sp³-hybridized carbons (Fsp3) is 0.692. The van der Waals surface area contributed by atoms with Crippen LogP contribution in [0.3, 0.4) is 0 Å². The highest BCUT2D eigenvalue weighted by Gasteiger charge is 2.33. The number of carbonyl (C=O) groups is 1. The van der Waals surface area contributed by atoms with Crippen LogP contribution in [0.4, 0.5) is 18.0 Å². The van der Waals surface area contributed by atoms with Crippen LogP contribution in [-0.4, -0.2) is 34.8 Å². The molecule has 2 amide bonds. The van der Waals surface area contributed by atoms with Crippen molar-refractivity contribution in [1.82, 2.24) is 15.6 Å². The Morgan fingerprint density at radius 1 is 1.41 bits per heavy atom. The molecule has 0 bridgehead atoms. The van der Waals surface area contributed by atoms with Crippen molar-refractivity contribution in [2.45, 2.75) is 50.4 Å². The number of urea groups is 1. The first kappa shape index (κ1) is 17.0. The van der Waals surface area contributed by atoms with Crippen LogP contribution in [0.2, 0.25) is 0 Å². The van der Waals surface area contributed by atoms with Crippen molar-refractivity contribution < 1.29 is 23.1 Å². The van der Waals surface area contributed by atoms with Crippen LogP contribution >= 0.6 is 11.3 Å². The number of halogens is 3. The van der Waals surface area contributed by atoms with E-state index in [4.69, 9.17) is 0 Å². The molecular weight excluding hydrogens is 319 g/mol. The molecular formula is C13H18F3N3O2S. The van der Waals surface area contributed by atoms with Crippen LogP contribution in [0.15, 0.2) is 5.38 Å². The van der Waals surface area contributed by atoms with Gasteiger partial charge in [0.25, 0.3) is 0 Å². The average Bonchev–Trinajstić information content (AvgIpc) is 2.90. The molecule has 1 aliphatic carbocycles. The van der Waals surface area contributed by atoms with Gasteiger partial charge in [0.1, 0.15) is 0 Å². The van der Waals surface area contributed by atoms with Gasteiger partial charge >= 0.3 is 12.2 Å². The minimum absolute atomic E-state index is 0.194. The molecule has 1 heterocycles. The number of aromatic nitrogens is 1. The number of hydrogen-bond acceptors (Lipinski definition) is 4. The third-order valence-corrected chi connectivity index (χ3v) is 4.42. The maximum Gasteiger partial charge on any atom is 0.434 e. The van der Waals surface area contributed by atoms with Gasteiger partial charge in [-0.15, -0.1) is 11.3 Å². The summed E-state index contributed by atoms with van der Waals surface area (Å²) in [5, 5.41) is 16.3. The predicted octanol–water partition coefficient (Wildman–Crippen LogP) is 2.31. The fourth-order valence-corrected chi connectivity index (χ4v) is 3.14. The smallest absolute Gasteiger partial charge is 0.391 e. The van der Waals surface area contributed by atoms with E-state index in [1.165, 1.54) is 0 Å². The molecule has 22 heavy (non-hydrogen) atoms. The van der Waals surface area contributed by atoms with Crippen molar-refractivity contribution in [3.8, 4) is 0 Å². The van der Waals surface area contributed by atoms with Crippen molar-refractivity contribution in [2.75, 3.05) is 6.54 Å². The van der Waals surface area contributed by atoms with Crippen molar-refractivity contribution >= 4 is 17.4 Å². The standard InChI is InChI=1S/C13H18F3N3O2S/c14-13(15,16)10-7-22-11(19-10)5-6-17-12(21)18-8-3-1-2-4-9(8)20/h7-9,20H,1-6H2,(H2,17,18,21)/t8-,9+/m1/s1. The van der Waals surface area contributed by atoms with Crippen molar-refractivity contribution in [3.05, 3.63) is 16.1 Å². The molecule has 2 rings (SSSR count). The van der Waals surface area contributed by atoms with E-state index >= 15 is 0 Å². The molecule has 0 radical (unpaired) electrons. The number of aliphatic hydroxyl groups excluding tert-OH is 1. The number of hydrogen-bond donors (Lipinski definition) is 3. The zero-order valence-electron chi connectivity index (χ0n) is 11.8. The molecule has 1 saturated carbocycles. The van der Waals surface area contributed by atoms with E-state index in [1.54, 1.807) is 0 Å². The Balaban J connectivity index is 1.71. The maximum absolute atomic E-state index is 12.4. The van der Waals surface area contributed by atoms with E-state index in [0.29, 0.717) is 11.4 Å². The van der Waals surface area contributed by atoms with Crippen molar-refractivity contribution in [3.63, 3.8) is 0 Å². The van der Waals surface area contributed by atoms with Crippen LogP contribution in [0.25, 0.3) is 0 Å². The molecule has 5 nitrogen and oxygen atoms in total. The first-order valence-electron chi connectivity index (χ1n) is 7.10. The van der Waals surface area contributed by atoms with Gasteiger partial charge in [-0.05, 0) is 12.8 Å². The Morgan fingerprint density at radius 3 is 2.77 bits per heavy atom. The second kappa shape index (κ2) is 7.28. The molecule has 1 fully saturated rings. The van der Waals surface area contributed by atoms with Gasteiger partial charge in [0.2, 0.25) is 0 Å². The first-order chi connectivity index (χ1) is 10.4. The molecule has 2 atom stereocenters. The quantitative estimate of drug-likeness (QED) is 0.789. The summed E-state index contributed by atoms with van der Waals surface area (Å²) in [5.74, 6) is 0. The van der Waals surface area contributed by atoms with Gasteiger partial charge in [0.05, 0.1) is 17.2 Å². The minimum Gasteiger partial charge on any atom is -0.391 e. The lowest BCUT2D eigenvalue weighted by molar-refractivity contribution is -0.140. The number of rotatable bonds is 4. The van der Waals surface area contributed by atoms with E-state index in [2.05, 4.69) is 15.6 Å². The average molecular weight is 337 g/mol. The number of nitrogens with one attached hydrogen (secondary N) is 2. The van der Waals surface area contributed by atoms with Crippen LogP contribution in [0, 0.1) is 0 Å². The summed E-state index contributed by atoms with van der Waals surface area (Å²) in [4.78, 5) is 15.2. The summed E-state index contributed by atoms with van der Waals surface area (Å²) < 4.78 is 37.2. The number of aliphatic hydroxyl groups is 1. The van der Waals surface area contributed by atoms with Gasteiger partial charge < -0.3 is 15.7 Å². The highest BCUT2D eigenvalue weighted by atomic mass is 32.1. The molecule has 0 aliphatic heterocycles. The lowest BCUT2D eigenvalue weighted by atomic mass is 9.93. The zero-order chi connectivity index (χ0) is 16.2. The highest BCUT2D eigenvalue weighted by Crippen LogP contribution is 2.30. The second-order valence-electron chi connectivity index (χ2n) is 5.23.